The van der Waals surface area contributed by atoms with Crippen LogP contribution in [0.25, 0.3) is 0 Å². The van der Waals surface area contributed by atoms with Gasteiger partial charge in [0.2, 0.25) is 17.6 Å². The Morgan fingerprint density at radius 2 is 1.48 bits per heavy atom. The maximum Gasteiger partial charge on any atom is 0.383 e. The summed E-state index contributed by atoms with van der Waals surface area (Å²) in [6, 6.07) is 4.20. The van der Waals surface area contributed by atoms with E-state index in [1.54, 1.807) is 30.3 Å². The van der Waals surface area contributed by atoms with Gasteiger partial charge in [-0.3, -0.25) is 24.1 Å². The lowest BCUT2D eigenvalue weighted by Crippen LogP contribution is -2.60. The summed E-state index contributed by atoms with van der Waals surface area (Å²) in [6.07, 6.45) is 5.02. The molecule has 290 valence electrons. The summed E-state index contributed by atoms with van der Waals surface area (Å²) in [5, 5.41) is 7.13. The van der Waals surface area contributed by atoms with Crippen LogP contribution in [-0.4, -0.2) is 131 Å². The Morgan fingerprint density at radius 1 is 0.885 bits per heavy atom. The number of morpholine rings is 2. The molecule has 2 saturated heterocycles. The van der Waals surface area contributed by atoms with Gasteiger partial charge < -0.3 is 25.4 Å². The zero-order chi connectivity index (χ0) is 37.6. The number of rotatable bonds is 19. The van der Waals surface area contributed by atoms with Crippen LogP contribution in [0.3, 0.4) is 0 Å². The molecule has 1 aromatic carbocycles. The number of ketones is 1. The molecule has 1 aromatic rings. The van der Waals surface area contributed by atoms with Crippen LogP contribution in [0.15, 0.2) is 43.0 Å². The third kappa shape index (κ3) is 12.4. The quantitative estimate of drug-likeness (QED) is 0.118. The van der Waals surface area contributed by atoms with Gasteiger partial charge in [0.15, 0.2) is 0 Å². The summed E-state index contributed by atoms with van der Waals surface area (Å²) < 4.78 is 71.7. The molecule has 52 heavy (non-hydrogen) atoms. The molecule has 2 heterocycles. The fraction of sp³-hybridized carbons (Fsp3) is 0.657. The minimum Gasteiger partial charge on any atom is -0.379 e. The first-order chi connectivity index (χ1) is 24.9. The van der Waals surface area contributed by atoms with Crippen molar-refractivity contribution in [1.82, 2.24) is 29.9 Å². The number of carbonyl (C=O) groups excluding carboxylic acids is 4. The molecular weight excluding hydrogens is 702 g/mol. The zero-order valence-electron chi connectivity index (χ0n) is 29.5. The van der Waals surface area contributed by atoms with Gasteiger partial charge in [-0.15, -0.1) is 6.58 Å². The first kappa shape index (κ1) is 41.4. The van der Waals surface area contributed by atoms with Gasteiger partial charge in [-0.05, 0) is 30.7 Å². The summed E-state index contributed by atoms with van der Waals surface area (Å²) in [6.45, 7) is 6.57. The van der Waals surface area contributed by atoms with Crippen LogP contribution in [0.4, 0.5) is 8.78 Å². The molecule has 3 fully saturated rings. The summed E-state index contributed by atoms with van der Waals surface area (Å²) in [7, 11) is -4.15. The Morgan fingerprint density at radius 3 is 2.12 bits per heavy atom. The number of nitrogens with one attached hydrogen (secondary N) is 4. The molecule has 4 N–H and O–H groups in total. The molecular formula is C35H52F2N6O8S. The van der Waals surface area contributed by atoms with Crippen LogP contribution in [0.5, 0.6) is 0 Å². The van der Waals surface area contributed by atoms with Crippen LogP contribution >= 0.6 is 0 Å². The highest BCUT2D eigenvalue weighted by Gasteiger charge is 2.51. The standard InChI is InChI=1S/C35H52F2N6O8S/c1-2-9-28(39-33(46)30(25-27-12-7-4-8-13-27)41-52(48,49)43-18-22-51-23-19-43)32(45)40-29(24-26-10-5-3-6-11-26)31(44)35(36,37)34(47)38-14-15-42-16-20-50-21-17-42/h2,4,7-8,12-13,26,28-30,41H,1,3,5-6,9-11,14-25H2,(H,38,47)(H,39,46)(H,40,45)/t28-,29?,30-/m0/s1. The predicted molar refractivity (Wildman–Crippen MR) is 188 cm³/mol. The average molecular weight is 755 g/mol. The minimum atomic E-state index is -4.44. The molecule has 3 atom stereocenters. The molecule has 1 aliphatic carbocycles. The third-order valence-corrected chi connectivity index (χ3v) is 11.2. The third-order valence-electron chi connectivity index (χ3n) is 9.57. The number of hydrogen-bond donors (Lipinski definition) is 4. The Balaban J connectivity index is 1.48. The smallest absolute Gasteiger partial charge is 0.379 e. The number of ether oxygens (including phenoxy) is 2. The number of amides is 3. The SMILES string of the molecule is C=CC[C@H](NC(=O)[C@H](Cc1ccccc1)NS(=O)(=O)N1CCOCC1)C(=O)NC(CC1CCCCC1)C(=O)C(F)(F)C(=O)NCCN1CCOCC1. The number of halogens is 2. The molecule has 14 nitrogen and oxygen atoms in total. The second-order valence-electron chi connectivity index (χ2n) is 13.4. The molecule has 4 rings (SSSR count). The fourth-order valence-electron chi connectivity index (χ4n) is 6.60. The van der Waals surface area contributed by atoms with Crippen molar-refractivity contribution < 1.29 is 45.9 Å². The lowest BCUT2D eigenvalue weighted by molar-refractivity contribution is -0.160. The second kappa shape index (κ2) is 20.2. The molecule has 3 amide bonds. The van der Waals surface area contributed by atoms with Crippen LogP contribution in [0, 0.1) is 5.92 Å². The molecule has 17 heteroatoms. The topological polar surface area (TPSA) is 175 Å². The van der Waals surface area contributed by atoms with Crippen LogP contribution in [0.2, 0.25) is 0 Å². The number of hydrogen-bond acceptors (Lipinski definition) is 9. The molecule has 3 aliphatic rings. The molecule has 2 aliphatic heterocycles. The molecule has 0 spiro atoms. The minimum absolute atomic E-state index is 0.0612. The van der Waals surface area contributed by atoms with Crippen molar-refractivity contribution in [2.45, 2.75) is 75.4 Å². The zero-order valence-corrected chi connectivity index (χ0v) is 30.3. The highest BCUT2D eigenvalue weighted by atomic mass is 32.2. The predicted octanol–water partition coefficient (Wildman–Crippen LogP) is 0.933. The van der Waals surface area contributed by atoms with E-state index in [1.165, 1.54) is 6.08 Å². The highest BCUT2D eigenvalue weighted by Crippen LogP contribution is 2.29. The Kier molecular flexibility index (Phi) is 16.1. The van der Waals surface area contributed by atoms with Crippen molar-refractivity contribution in [2.75, 3.05) is 65.7 Å². The van der Waals surface area contributed by atoms with Crippen molar-refractivity contribution in [3.63, 3.8) is 0 Å². The van der Waals surface area contributed by atoms with Gasteiger partial charge in [-0.25, -0.2) is 0 Å². The van der Waals surface area contributed by atoms with E-state index in [0.717, 1.165) is 23.6 Å². The van der Waals surface area contributed by atoms with Crippen molar-refractivity contribution in [3.8, 4) is 0 Å². The van der Waals surface area contributed by atoms with E-state index >= 15 is 8.78 Å². The largest absolute Gasteiger partial charge is 0.383 e. The number of benzene rings is 1. The van der Waals surface area contributed by atoms with Gasteiger partial charge in [0, 0.05) is 39.3 Å². The van der Waals surface area contributed by atoms with E-state index in [2.05, 4.69) is 27.3 Å². The molecule has 0 aromatic heterocycles. The monoisotopic (exact) mass is 754 g/mol. The maximum atomic E-state index is 15.5. The van der Waals surface area contributed by atoms with Crippen molar-refractivity contribution in [1.29, 1.82) is 0 Å². The van der Waals surface area contributed by atoms with Crippen LogP contribution in [-0.2, 0) is 45.3 Å². The number of carbonyl (C=O) groups is 4. The van der Waals surface area contributed by atoms with E-state index in [4.69, 9.17) is 9.47 Å². The van der Waals surface area contributed by atoms with Crippen molar-refractivity contribution >= 4 is 33.7 Å². The van der Waals surface area contributed by atoms with Gasteiger partial charge in [0.05, 0.1) is 32.5 Å². The molecule has 1 unspecified atom stereocenters. The average Bonchev–Trinajstić information content (AvgIpc) is 3.15. The second-order valence-corrected chi connectivity index (χ2v) is 15.1. The van der Waals surface area contributed by atoms with Crippen molar-refractivity contribution in [2.24, 2.45) is 5.92 Å². The van der Waals surface area contributed by atoms with Gasteiger partial charge in [-0.2, -0.15) is 26.2 Å². The maximum absolute atomic E-state index is 15.5. The lowest BCUT2D eigenvalue weighted by Gasteiger charge is -2.30. The van der Waals surface area contributed by atoms with E-state index < -0.39 is 57.8 Å². The van der Waals surface area contributed by atoms with Crippen LogP contribution < -0.4 is 20.7 Å². The first-order valence-electron chi connectivity index (χ1n) is 18.0. The van der Waals surface area contributed by atoms with E-state index in [-0.39, 0.29) is 58.0 Å². The number of Topliss-reactive ketones (excluding diaryl/α,β-unsaturated/α-hetero) is 1. The normalized spacial score (nSPS) is 19.9. The van der Waals surface area contributed by atoms with Gasteiger partial charge in [0.1, 0.15) is 12.1 Å². The van der Waals surface area contributed by atoms with Gasteiger partial charge >= 0.3 is 5.92 Å². The number of nitrogens with zero attached hydrogens (tertiary/aromatic N) is 2. The van der Waals surface area contributed by atoms with Crippen LogP contribution in [0.1, 0.15) is 50.5 Å². The van der Waals surface area contributed by atoms with E-state index in [1.807, 2.05) is 4.90 Å². The molecule has 1 saturated carbocycles. The Bertz CT molecular complexity index is 1450. The summed E-state index contributed by atoms with van der Waals surface area (Å²) in [4.78, 5) is 55.6. The summed E-state index contributed by atoms with van der Waals surface area (Å²) in [5.74, 6) is -9.85. The molecule has 0 bridgehead atoms. The Labute approximate surface area is 304 Å². The Hall–Kier alpha value is -3.35. The summed E-state index contributed by atoms with van der Waals surface area (Å²) in [5.41, 5.74) is 0.639. The van der Waals surface area contributed by atoms with Gasteiger partial charge in [0.25, 0.3) is 16.1 Å². The van der Waals surface area contributed by atoms with E-state index in [0.29, 0.717) is 51.3 Å². The summed E-state index contributed by atoms with van der Waals surface area (Å²) >= 11 is 0. The highest BCUT2D eigenvalue weighted by molar-refractivity contribution is 7.87. The van der Waals surface area contributed by atoms with E-state index in [9.17, 15) is 27.6 Å². The van der Waals surface area contributed by atoms with Crippen molar-refractivity contribution in [3.05, 3.63) is 48.6 Å². The number of alkyl halides is 2. The lowest BCUT2D eigenvalue weighted by atomic mass is 9.83. The van der Waals surface area contributed by atoms with Gasteiger partial charge in [-0.1, -0.05) is 68.5 Å². The fourth-order valence-corrected chi connectivity index (χ4v) is 7.93. The molecule has 0 radical (unpaired) electrons. The first-order valence-corrected chi connectivity index (χ1v) is 19.5.